The quantitative estimate of drug-likeness (QED) is 0.733. The molecule has 1 N–H and O–H groups in total. The molecule has 30 heavy (non-hydrogen) atoms. The van der Waals surface area contributed by atoms with Crippen LogP contribution in [0.3, 0.4) is 0 Å². The molecular weight excluding hydrogens is 405 g/mol. The monoisotopic (exact) mass is 429 g/mol. The van der Waals surface area contributed by atoms with E-state index < -0.39 is 5.82 Å². The molecule has 7 heteroatoms. The molecule has 1 heterocycles. The Morgan fingerprint density at radius 2 is 1.77 bits per heavy atom. The standard InChI is InChI=1S/C23H25ClFN3O2/c1-16-4-3-5-17(2)23(16)26-21(29)15-27-10-12-28(13-11-27)22(30)9-7-18-6-8-20(25)19(24)14-18/h3-9,14H,10-13,15H2,1-2H3,(H,26,29). The molecule has 0 bridgehead atoms. The number of para-hydroxylation sites is 1. The van der Waals surface area contributed by atoms with Crippen molar-refractivity contribution in [2.45, 2.75) is 13.8 Å². The first kappa shape index (κ1) is 22.0. The van der Waals surface area contributed by atoms with Gasteiger partial charge in [-0.2, -0.15) is 0 Å². The number of aryl methyl sites for hydroxylation is 2. The number of carbonyl (C=O) groups is 2. The van der Waals surface area contributed by atoms with Gasteiger partial charge in [-0.15, -0.1) is 0 Å². The summed E-state index contributed by atoms with van der Waals surface area (Å²) in [7, 11) is 0. The van der Waals surface area contributed by atoms with Crippen molar-refractivity contribution in [1.29, 1.82) is 0 Å². The third kappa shape index (κ3) is 5.68. The van der Waals surface area contributed by atoms with Crippen LogP contribution in [0.1, 0.15) is 16.7 Å². The van der Waals surface area contributed by atoms with Crippen LogP contribution in [0.2, 0.25) is 5.02 Å². The first-order valence-corrected chi connectivity index (χ1v) is 10.2. The highest BCUT2D eigenvalue weighted by Crippen LogP contribution is 2.19. The molecule has 1 fully saturated rings. The zero-order chi connectivity index (χ0) is 21.7. The van der Waals surface area contributed by atoms with Crippen molar-refractivity contribution in [3.8, 4) is 0 Å². The molecule has 1 saturated heterocycles. The maximum atomic E-state index is 13.2. The Hall–Kier alpha value is -2.70. The van der Waals surface area contributed by atoms with Crippen molar-refractivity contribution in [2.75, 3.05) is 38.0 Å². The Kier molecular flexibility index (Phi) is 7.24. The number of nitrogens with one attached hydrogen (secondary N) is 1. The molecule has 3 rings (SSSR count). The Morgan fingerprint density at radius 1 is 1.10 bits per heavy atom. The van der Waals surface area contributed by atoms with Crippen LogP contribution in [0.4, 0.5) is 10.1 Å². The van der Waals surface area contributed by atoms with Gasteiger partial charge in [0.25, 0.3) is 0 Å². The van der Waals surface area contributed by atoms with E-state index in [2.05, 4.69) is 5.32 Å². The van der Waals surface area contributed by atoms with Crippen LogP contribution in [-0.4, -0.2) is 54.3 Å². The lowest BCUT2D eigenvalue weighted by Crippen LogP contribution is -2.50. The summed E-state index contributed by atoms with van der Waals surface area (Å²) in [6, 6.07) is 10.2. The Morgan fingerprint density at radius 3 is 2.40 bits per heavy atom. The summed E-state index contributed by atoms with van der Waals surface area (Å²) in [4.78, 5) is 28.6. The fraction of sp³-hybridized carbons (Fsp3) is 0.304. The zero-order valence-corrected chi connectivity index (χ0v) is 17.9. The van der Waals surface area contributed by atoms with E-state index in [1.807, 2.05) is 36.9 Å². The lowest BCUT2D eigenvalue weighted by molar-refractivity contribution is -0.127. The number of piperazine rings is 1. The smallest absolute Gasteiger partial charge is 0.246 e. The van der Waals surface area contributed by atoms with Gasteiger partial charge in [0.1, 0.15) is 5.82 Å². The summed E-state index contributed by atoms with van der Waals surface area (Å²) < 4.78 is 13.2. The van der Waals surface area contributed by atoms with Crippen molar-refractivity contribution in [3.05, 3.63) is 70.0 Å². The Bertz CT molecular complexity index is 949. The van der Waals surface area contributed by atoms with Crippen molar-refractivity contribution >= 4 is 35.2 Å². The number of rotatable bonds is 5. The highest BCUT2D eigenvalue weighted by Gasteiger charge is 2.21. The lowest BCUT2D eigenvalue weighted by Gasteiger charge is -2.33. The number of hydrogen-bond donors (Lipinski definition) is 1. The SMILES string of the molecule is Cc1cccc(C)c1NC(=O)CN1CCN(C(=O)C=Cc2ccc(F)c(Cl)c2)CC1. The minimum Gasteiger partial charge on any atom is -0.337 e. The summed E-state index contributed by atoms with van der Waals surface area (Å²) >= 11 is 5.76. The largest absolute Gasteiger partial charge is 0.337 e. The van der Waals surface area contributed by atoms with Gasteiger partial charge in [-0.3, -0.25) is 14.5 Å². The minimum absolute atomic E-state index is 0.0254. The summed E-state index contributed by atoms with van der Waals surface area (Å²) in [6.45, 7) is 6.58. The van der Waals surface area contributed by atoms with Gasteiger partial charge >= 0.3 is 0 Å². The molecule has 0 aromatic heterocycles. The number of carbonyl (C=O) groups excluding carboxylic acids is 2. The maximum absolute atomic E-state index is 13.2. The first-order chi connectivity index (χ1) is 14.3. The molecule has 0 aliphatic carbocycles. The third-order valence-corrected chi connectivity index (χ3v) is 5.45. The summed E-state index contributed by atoms with van der Waals surface area (Å²) in [5.41, 5.74) is 3.60. The van der Waals surface area contributed by atoms with E-state index in [0.29, 0.717) is 38.3 Å². The molecular formula is C23H25ClFN3O2. The number of anilines is 1. The summed E-state index contributed by atoms with van der Waals surface area (Å²) in [5, 5.41) is 3.02. The molecule has 1 aliphatic rings. The van der Waals surface area contributed by atoms with Crippen molar-refractivity contribution in [3.63, 3.8) is 0 Å². The average Bonchev–Trinajstić information content (AvgIpc) is 2.72. The van der Waals surface area contributed by atoms with Crippen molar-refractivity contribution in [2.24, 2.45) is 0 Å². The second-order valence-electron chi connectivity index (χ2n) is 7.42. The van der Waals surface area contributed by atoms with Gasteiger partial charge in [-0.25, -0.2) is 4.39 Å². The predicted molar refractivity (Wildman–Crippen MR) is 118 cm³/mol. The van der Waals surface area contributed by atoms with E-state index in [9.17, 15) is 14.0 Å². The van der Waals surface area contributed by atoms with Gasteiger partial charge in [0.05, 0.1) is 11.6 Å². The van der Waals surface area contributed by atoms with Crippen molar-refractivity contribution < 1.29 is 14.0 Å². The number of nitrogens with zero attached hydrogens (tertiary/aromatic N) is 2. The second kappa shape index (κ2) is 9.87. The average molecular weight is 430 g/mol. The van der Waals surface area contributed by atoms with Crippen LogP contribution in [0, 0.1) is 19.7 Å². The fourth-order valence-corrected chi connectivity index (χ4v) is 3.60. The van der Waals surface area contributed by atoms with Gasteiger partial charge in [0.2, 0.25) is 11.8 Å². The number of hydrogen-bond acceptors (Lipinski definition) is 3. The molecule has 158 valence electrons. The molecule has 0 unspecified atom stereocenters. The van der Waals surface area contributed by atoms with E-state index in [-0.39, 0.29) is 16.8 Å². The topological polar surface area (TPSA) is 52.7 Å². The van der Waals surface area contributed by atoms with Gasteiger partial charge in [0.15, 0.2) is 0 Å². The van der Waals surface area contributed by atoms with E-state index in [1.165, 1.54) is 18.2 Å². The van der Waals surface area contributed by atoms with Crippen LogP contribution in [0.15, 0.2) is 42.5 Å². The van der Waals surface area contributed by atoms with E-state index in [4.69, 9.17) is 11.6 Å². The van der Waals surface area contributed by atoms with Crippen LogP contribution >= 0.6 is 11.6 Å². The van der Waals surface area contributed by atoms with Crippen LogP contribution in [0.25, 0.3) is 6.08 Å². The van der Waals surface area contributed by atoms with Crippen LogP contribution in [0.5, 0.6) is 0 Å². The highest BCUT2D eigenvalue weighted by atomic mass is 35.5. The molecule has 2 aromatic carbocycles. The molecule has 0 radical (unpaired) electrons. The molecule has 1 aliphatic heterocycles. The lowest BCUT2D eigenvalue weighted by atomic mass is 10.1. The van der Waals surface area contributed by atoms with E-state index >= 15 is 0 Å². The molecule has 0 atom stereocenters. The van der Waals surface area contributed by atoms with Crippen molar-refractivity contribution in [1.82, 2.24) is 9.80 Å². The second-order valence-corrected chi connectivity index (χ2v) is 7.83. The normalized spacial score (nSPS) is 14.9. The molecule has 0 saturated carbocycles. The van der Waals surface area contributed by atoms with Gasteiger partial charge in [0, 0.05) is 37.9 Å². The van der Waals surface area contributed by atoms with Crippen LogP contribution < -0.4 is 5.32 Å². The summed E-state index contributed by atoms with van der Waals surface area (Å²) in [6.07, 6.45) is 3.09. The number of amides is 2. The minimum atomic E-state index is -0.488. The van der Waals surface area contributed by atoms with E-state index in [1.54, 1.807) is 17.0 Å². The van der Waals surface area contributed by atoms with Crippen LogP contribution in [-0.2, 0) is 9.59 Å². The maximum Gasteiger partial charge on any atom is 0.246 e. The number of benzene rings is 2. The van der Waals surface area contributed by atoms with Gasteiger partial charge in [-0.1, -0.05) is 35.9 Å². The first-order valence-electron chi connectivity index (χ1n) is 9.84. The zero-order valence-electron chi connectivity index (χ0n) is 17.1. The molecule has 2 amide bonds. The Labute approximate surface area is 181 Å². The summed E-state index contributed by atoms with van der Waals surface area (Å²) in [5.74, 6) is -0.659. The molecule has 0 spiro atoms. The number of halogens is 2. The predicted octanol–water partition coefficient (Wildman–Crippen LogP) is 3.89. The van der Waals surface area contributed by atoms with Gasteiger partial charge in [-0.05, 0) is 48.7 Å². The van der Waals surface area contributed by atoms with Gasteiger partial charge < -0.3 is 10.2 Å². The Balaban J connectivity index is 1.48. The van der Waals surface area contributed by atoms with E-state index in [0.717, 1.165) is 16.8 Å². The molecule has 2 aromatic rings. The fourth-order valence-electron chi connectivity index (χ4n) is 3.41. The molecule has 5 nitrogen and oxygen atoms in total. The highest BCUT2D eigenvalue weighted by molar-refractivity contribution is 6.30. The third-order valence-electron chi connectivity index (χ3n) is 5.16.